The van der Waals surface area contributed by atoms with Crippen molar-refractivity contribution in [3.05, 3.63) is 56.6 Å². The van der Waals surface area contributed by atoms with E-state index in [-0.39, 0.29) is 0 Å². The first-order chi connectivity index (χ1) is 7.11. The van der Waals surface area contributed by atoms with Crippen LogP contribution in [0.5, 0.6) is 0 Å². The van der Waals surface area contributed by atoms with Crippen molar-refractivity contribution in [3.63, 3.8) is 0 Å². The van der Waals surface area contributed by atoms with Gasteiger partial charge in [0.15, 0.2) is 0 Å². The second kappa shape index (κ2) is 5.14. The van der Waals surface area contributed by atoms with E-state index in [0.29, 0.717) is 17.9 Å². The molecular weight excluding hydrogens is 196 g/mol. The van der Waals surface area contributed by atoms with Gasteiger partial charge >= 0.3 is 11.3 Å². The Hall–Kier alpha value is -1.84. The Morgan fingerprint density at radius 2 is 1.60 bits per heavy atom. The quantitative estimate of drug-likeness (QED) is 0.703. The van der Waals surface area contributed by atoms with E-state index in [1.165, 1.54) is 0 Å². The molecule has 80 valence electrons. The lowest BCUT2D eigenvalue weighted by Gasteiger charge is -1.89. The van der Waals surface area contributed by atoms with Crippen molar-refractivity contribution in [3.8, 4) is 0 Å². The van der Waals surface area contributed by atoms with Gasteiger partial charge in [-0.15, -0.1) is 0 Å². The number of rotatable bonds is 1. The van der Waals surface area contributed by atoms with Gasteiger partial charge in [0.25, 0.3) is 0 Å². The summed E-state index contributed by atoms with van der Waals surface area (Å²) in [6.07, 6.45) is 0.595. The maximum absolute atomic E-state index is 11.1. The van der Waals surface area contributed by atoms with Crippen molar-refractivity contribution in [2.45, 2.75) is 20.3 Å². The molecule has 1 aromatic heterocycles. The third-order valence-corrected chi connectivity index (χ3v) is 1.70. The van der Waals surface area contributed by atoms with Crippen molar-refractivity contribution >= 4 is 0 Å². The molecule has 0 aliphatic carbocycles. The molecule has 0 bridgehead atoms. The Labute approximate surface area is 86.5 Å². The van der Waals surface area contributed by atoms with Crippen LogP contribution in [0.3, 0.4) is 0 Å². The first-order valence-corrected chi connectivity index (χ1v) is 4.61. The lowest BCUT2D eigenvalue weighted by molar-refractivity contribution is 0.460. The maximum Gasteiger partial charge on any atom is 0.336 e. The topological polar surface area (TPSA) is 60.4 Å². The molecule has 1 rings (SSSR count). The second-order valence-electron chi connectivity index (χ2n) is 2.94. The van der Waals surface area contributed by atoms with Gasteiger partial charge in [0.2, 0.25) is 0 Å². The van der Waals surface area contributed by atoms with Gasteiger partial charge in [0.1, 0.15) is 11.5 Å². The monoisotopic (exact) mass is 208 g/mol. The molecule has 4 heteroatoms. The minimum atomic E-state index is -0.589. The Morgan fingerprint density at radius 3 is 2.20 bits per heavy atom. The lowest BCUT2D eigenvalue weighted by atomic mass is 10.3. The average molecular weight is 208 g/mol. The van der Waals surface area contributed by atoms with Crippen LogP contribution in [0.25, 0.3) is 0 Å². The molecule has 15 heavy (non-hydrogen) atoms. The number of hydrogen-bond donors (Lipinski definition) is 0. The molecule has 0 atom stereocenters. The summed E-state index contributed by atoms with van der Waals surface area (Å²) in [5, 5.41) is 0. The summed E-state index contributed by atoms with van der Waals surface area (Å²) in [6, 6.07) is 5.28. The third-order valence-electron chi connectivity index (χ3n) is 1.70. The van der Waals surface area contributed by atoms with Gasteiger partial charge in [-0.1, -0.05) is 6.92 Å². The van der Waals surface area contributed by atoms with E-state index in [0.717, 1.165) is 12.1 Å². The number of hydrogen-bond acceptors (Lipinski definition) is 4. The summed E-state index contributed by atoms with van der Waals surface area (Å²) in [6.45, 7) is 3.52. The second-order valence-corrected chi connectivity index (χ2v) is 2.94. The van der Waals surface area contributed by atoms with E-state index in [9.17, 15) is 9.59 Å². The zero-order valence-corrected chi connectivity index (χ0v) is 8.65. The Balaban J connectivity index is 3.54. The minimum Gasteiger partial charge on any atom is -0.428 e. The average Bonchev–Trinajstić information content (AvgIpc) is 2.20. The highest BCUT2D eigenvalue weighted by Crippen LogP contribution is 1.94. The van der Waals surface area contributed by atoms with Crippen molar-refractivity contribution < 1.29 is 8.83 Å². The van der Waals surface area contributed by atoms with E-state index in [1.54, 1.807) is 19.1 Å². The molecule has 0 amide bonds. The summed E-state index contributed by atoms with van der Waals surface area (Å²) in [5.41, 5.74) is -1.16. The first-order valence-electron chi connectivity index (χ1n) is 4.61. The smallest absolute Gasteiger partial charge is 0.336 e. The molecule has 0 aliphatic rings. The molecule has 0 saturated carbocycles. The highest BCUT2D eigenvalue weighted by molar-refractivity contribution is 4.99. The fraction of sp³-hybridized carbons (Fsp3) is 0.273. The van der Waals surface area contributed by atoms with Gasteiger partial charge in [-0.3, -0.25) is 0 Å². The standard InChI is InChI=1S/C11H12O4/c1-3-9-5-4-8(2)14-10(12)6-7-11(13)15-9/h4-7H,3H2,1-2H3. The first kappa shape index (κ1) is 11.2. The fourth-order valence-corrected chi connectivity index (χ4v) is 0.960. The van der Waals surface area contributed by atoms with E-state index >= 15 is 0 Å². The van der Waals surface area contributed by atoms with Crippen LogP contribution >= 0.6 is 0 Å². The molecule has 4 nitrogen and oxygen atoms in total. The normalized spacial score (nSPS) is 9.47. The maximum atomic E-state index is 11.1. The third kappa shape index (κ3) is 3.81. The van der Waals surface area contributed by atoms with Crippen molar-refractivity contribution in [2.75, 3.05) is 0 Å². The van der Waals surface area contributed by atoms with Gasteiger partial charge in [0.05, 0.1) is 0 Å². The summed E-state index contributed by atoms with van der Waals surface area (Å²) >= 11 is 0. The van der Waals surface area contributed by atoms with Crippen LogP contribution in [0.15, 0.2) is 42.7 Å². The van der Waals surface area contributed by atoms with Crippen LogP contribution in [0.2, 0.25) is 0 Å². The lowest BCUT2D eigenvalue weighted by Crippen LogP contribution is -1.99. The Bertz CT molecular complexity index is 495. The zero-order chi connectivity index (χ0) is 11.3. The Kier molecular flexibility index (Phi) is 3.85. The van der Waals surface area contributed by atoms with Crippen LogP contribution < -0.4 is 11.3 Å². The zero-order valence-electron chi connectivity index (χ0n) is 8.65. The summed E-state index contributed by atoms with van der Waals surface area (Å²) in [5.74, 6) is 0.982. The fourth-order valence-electron chi connectivity index (χ4n) is 0.960. The van der Waals surface area contributed by atoms with Gasteiger partial charge in [-0.2, -0.15) is 0 Å². The molecule has 0 saturated heterocycles. The molecule has 0 aromatic carbocycles. The molecule has 0 unspecified atom stereocenters. The highest BCUT2D eigenvalue weighted by Gasteiger charge is 1.89. The van der Waals surface area contributed by atoms with Gasteiger partial charge in [-0.25, -0.2) is 9.59 Å². The Morgan fingerprint density at radius 1 is 1.00 bits per heavy atom. The molecule has 0 radical (unpaired) electrons. The molecule has 0 fully saturated rings. The largest absolute Gasteiger partial charge is 0.428 e. The van der Waals surface area contributed by atoms with E-state index in [4.69, 9.17) is 8.83 Å². The van der Waals surface area contributed by atoms with Crippen molar-refractivity contribution in [2.24, 2.45) is 0 Å². The minimum absolute atomic E-state index is 0.452. The van der Waals surface area contributed by atoms with E-state index in [2.05, 4.69) is 0 Å². The molecule has 1 heterocycles. The van der Waals surface area contributed by atoms with Crippen molar-refractivity contribution in [1.29, 1.82) is 0 Å². The van der Waals surface area contributed by atoms with Gasteiger partial charge < -0.3 is 8.83 Å². The van der Waals surface area contributed by atoms with Gasteiger partial charge in [-0.05, 0) is 19.1 Å². The summed E-state index contributed by atoms with van der Waals surface area (Å²) < 4.78 is 9.81. The van der Waals surface area contributed by atoms with Gasteiger partial charge in [0, 0.05) is 18.6 Å². The highest BCUT2D eigenvalue weighted by atomic mass is 16.4. The van der Waals surface area contributed by atoms with E-state index in [1.807, 2.05) is 6.92 Å². The molecule has 0 aliphatic heterocycles. The van der Waals surface area contributed by atoms with Crippen LogP contribution in [0.4, 0.5) is 0 Å². The SMILES string of the molecule is CCc1ccc(C)oc(=O)ccc(=O)o1. The number of aryl methyl sites for hydroxylation is 2. The summed E-state index contributed by atoms with van der Waals surface area (Å²) in [7, 11) is 0. The van der Waals surface area contributed by atoms with Crippen molar-refractivity contribution in [1.82, 2.24) is 0 Å². The van der Waals surface area contributed by atoms with Crippen LogP contribution in [0.1, 0.15) is 18.4 Å². The predicted octanol–water partition coefficient (Wildman–Crippen LogP) is 1.59. The molecular formula is C11H12O4. The molecule has 0 N–H and O–H groups in total. The van der Waals surface area contributed by atoms with Crippen LogP contribution in [-0.2, 0) is 6.42 Å². The van der Waals surface area contributed by atoms with Crippen LogP contribution in [-0.4, -0.2) is 0 Å². The summed E-state index contributed by atoms with van der Waals surface area (Å²) in [4.78, 5) is 22.1. The predicted molar refractivity (Wildman–Crippen MR) is 55.3 cm³/mol. The molecule has 1 aromatic rings. The van der Waals surface area contributed by atoms with Crippen LogP contribution in [0, 0.1) is 6.92 Å². The van der Waals surface area contributed by atoms with E-state index < -0.39 is 11.3 Å². The molecule has 0 spiro atoms.